The number of carbonyl (C=O) groups is 1. The van der Waals surface area contributed by atoms with Crippen LogP contribution in [0.25, 0.3) is 5.69 Å². The molecule has 0 saturated heterocycles. The average molecular weight is 322 g/mol. The van der Waals surface area contributed by atoms with Crippen LogP contribution in [0.15, 0.2) is 36.4 Å². The fraction of sp³-hybridized carbons (Fsp3) is 0.263. The van der Waals surface area contributed by atoms with E-state index in [4.69, 9.17) is 0 Å². The molecule has 0 aliphatic rings. The average Bonchev–Trinajstić information content (AvgIpc) is 2.99. The molecule has 5 heteroatoms. The van der Waals surface area contributed by atoms with Gasteiger partial charge < -0.3 is 9.88 Å². The van der Waals surface area contributed by atoms with Crippen LogP contribution in [0.3, 0.4) is 0 Å². The van der Waals surface area contributed by atoms with Crippen molar-refractivity contribution >= 4 is 11.7 Å². The molecule has 0 aliphatic heterocycles. The third-order valence-electron chi connectivity index (χ3n) is 4.28. The molecule has 3 aromatic rings. The fourth-order valence-corrected chi connectivity index (χ4v) is 3.09. The normalized spacial score (nSPS) is 10.9. The van der Waals surface area contributed by atoms with Gasteiger partial charge in [-0.15, -0.1) is 0 Å². The van der Waals surface area contributed by atoms with Gasteiger partial charge in [0.2, 0.25) is 0 Å². The minimum Gasteiger partial charge on any atom is -0.317 e. The van der Waals surface area contributed by atoms with Crippen LogP contribution < -0.4 is 5.32 Å². The van der Waals surface area contributed by atoms with Crippen LogP contribution in [0.2, 0.25) is 0 Å². The summed E-state index contributed by atoms with van der Waals surface area (Å²) in [4.78, 5) is 12.7. The molecule has 24 heavy (non-hydrogen) atoms. The lowest BCUT2D eigenvalue weighted by Gasteiger charge is -2.12. The Labute approximate surface area is 141 Å². The van der Waals surface area contributed by atoms with Gasteiger partial charge in [0.1, 0.15) is 5.82 Å². The molecule has 1 N–H and O–H groups in total. The maximum absolute atomic E-state index is 12.7. The largest absolute Gasteiger partial charge is 0.317 e. The second-order valence-electron chi connectivity index (χ2n) is 6.16. The molecule has 0 radical (unpaired) electrons. The molecule has 2 heterocycles. The molecular formula is C19H22N4O. The van der Waals surface area contributed by atoms with Gasteiger partial charge in [-0.25, -0.2) is 0 Å². The predicted molar refractivity (Wildman–Crippen MR) is 95.9 cm³/mol. The zero-order valence-corrected chi connectivity index (χ0v) is 14.7. The molecule has 1 amide bonds. The van der Waals surface area contributed by atoms with E-state index in [0.717, 1.165) is 22.8 Å². The van der Waals surface area contributed by atoms with Crippen molar-refractivity contribution in [3.05, 3.63) is 64.6 Å². The summed E-state index contributed by atoms with van der Waals surface area (Å²) in [5.41, 5.74) is 5.79. The van der Waals surface area contributed by atoms with E-state index in [1.807, 2.05) is 52.1 Å². The highest BCUT2D eigenvalue weighted by Gasteiger charge is 2.18. The molecule has 124 valence electrons. The van der Waals surface area contributed by atoms with E-state index in [1.54, 1.807) is 4.68 Å². The Morgan fingerprint density at radius 1 is 1.08 bits per heavy atom. The van der Waals surface area contributed by atoms with Gasteiger partial charge in [0.05, 0.1) is 11.3 Å². The number of amides is 1. The number of aryl methyl sites for hydroxylation is 4. The standard InChI is InChI=1S/C19H22N4O/c1-12-8-6-7-9-17(12)23-14(3)11-16(15(23)4)19(24)20-18-10-13(2)21-22(18)5/h6-11H,1-5H3,(H,20,24). The second-order valence-corrected chi connectivity index (χ2v) is 6.16. The zero-order chi connectivity index (χ0) is 17.4. The molecule has 1 aromatic carbocycles. The number of hydrogen-bond donors (Lipinski definition) is 1. The summed E-state index contributed by atoms with van der Waals surface area (Å²) in [7, 11) is 1.82. The van der Waals surface area contributed by atoms with Crippen LogP contribution in [0.1, 0.15) is 33.0 Å². The molecule has 0 saturated carbocycles. The second kappa shape index (κ2) is 6.00. The third kappa shape index (κ3) is 2.73. The molecule has 5 nitrogen and oxygen atoms in total. The zero-order valence-electron chi connectivity index (χ0n) is 14.7. The SMILES string of the molecule is Cc1cc(NC(=O)c2cc(C)n(-c3ccccc3C)c2C)n(C)n1. The Kier molecular flexibility index (Phi) is 4.01. The first-order chi connectivity index (χ1) is 11.4. The number of aromatic nitrogens is 3. The summed E-state index contributed by atoms with van der Waals surface area (Å²) in [5, 5.41) is 7.20. The van der Waals surface area contributed by atoms with Crippen molar-refractivity contribution in [3.63, 3.8) is 0 Å². The molecule has 0 fully saturated rings. The lowest BCUT2D eigenvalue weighted by molar-refractivity contribution is 0.102. The molecule has 0 unspecified atom stereocenters. The number of nitrogens with zero attached hydrogens (tertiary/aromatic N) is 3. The van der Waals surface area contributed by atoms with Crippen molar-refractivity contribution < 1.29 is 4.79 Å². The number of nitrogens with one attached hydrogen (secondary N) is 1. The van der Waals surface area contributed by atoms with Gasteiger partial charge in [-0.3, -0.25) is 9.48 Å². The number of hydrogen-bond acceptors (Lipinski definition) is 2. The van der Waals surface area contributed by atoms with Gasteiger partial charge in [-0.2, -0.15) is 5.10 Å². The van der Waals surface area contributed by atoms with Crippen LogP contribution in [0.5, 0.6) is 0 Å². The Hall–Kier alpha value is -2.82. The first-order valence-electron chi connectivity index (χ1n) is 7.95. The lowest BCUT2D eigenvalue weighted by Crippen LogP contribution is -2.15. The van der Waals surface area contributed by atoms with Gasteiger partial charge in [0.25, 0.3) is 5.91 Å². The van der Waals surface area contributed by atoms with Crippen LogP contribution >= 0.6 is 0 Å². The van der Waals surface area contributed by atoms with Crippen LogP contribution in [0, 0.1) is 27.7 Å². The summed E-state index contributed by atoms with van der Waals surface area (Å²) in [6.07, 6.45) is 0. The van der Waals surface area contributed by atoms with E-state index in [2.05, 4.69) is 34.0 Å². The van der Waals surface area contributed by atoms with E-state index >= 15 is 0 Å². The van der Waals surface area contributed by atoms with E-state index in [0.29, 0.717) is 11.4 Å². The summed E-state index contributed by atoms with van der Waals surface area (Å²) >= 11 is 0. The van der Waals surface area contributed by atoms with Gasteiger partial charge in [-0.05, 0) is 45.4 Å². The van der Waals surface area contributed by atoms with Crippen molar-refractivity contribution in [1.82, 2.24) is 14.3 Å². The summed E-state index contributed by atoms with van der Waals surface area (Å²) < 4.78 is 3.80. The summed E-state index contributed by atoms with van der Waals surface area (Å²) in [5.74, 6) is 0.573. The highest BCUT2D eigenvalue weighted by Crippen LogP contribution is 2.24. The minimum absolute atomic E-state index is 0.120. The molecular weight excluding hydrogens is 300 g/mol. The Balaban J connectivity index is 1.98. The molecule has 2 aromatic heterocycles. The summed E-state index contributed by atoms with van der Waals surface area (Å²) in [6.45, 7) is 7.97. The lowest BCUT2D eigenvalue weighted by atomic mass is 10.2. The maximum atomic E-state index is 12.7. The fourth-order valence-electron chi connectivity index (χ4n) is 3.09. The monoisotopic (exact) mass is 322 g/mol. The minimum atomic E-state index is -0.120. The Bertz CT molecular complexity index is 918. The van der Waals surface area contributed by atoms with E-state index < -0.39 is 0 Å². The van der Waals surface area contributed by atoms with Crippen molar-refractivity contribution in [1.29, 1.82) is 0 Å². The van der Waals surface area contributed by atoms with Crippen molar-refractivity contribution in [2.45, 2.75) is 27.7 Å². The number of carbonyl (C=O) groups excluding carboxylic acids is 1. The first-order valence-corrected chi connectivity index (χ1v) is 7.95. The summed E-state index contributed by atoms with van der Waals surface area (Å²) in [6, 6.07) is 12.0. The first kappa shape index (κ1) is 16.1. The Morgan fingerprint density at radius 3 is 2.42 bits per heavy atom. The molecule has 0 aliphatic carbocycles. The van der Waals surface area contributed by atoms with Crippen LogP contribution in [-0.2, 0) is 7.05 Å². The Morgan fingerprint density at radius 2 is 1.79 bits per heavy atom. The van der Waals surface area contributed by atoms with Crippen molar-refractivity contribution in [2.75, 3.05) is 5.32 Å². The van der Waals surface area contributed by atoms with Gasteiger partial charge in [-0.1, -0.05) is 18.2 Å². The van der Waals surface area contributed by atoms with Crippen LogP contribution in [-0.4, -0.2) is 20.3 Å². The smallest absolute Gasteiger partial charge is 0.258 e. The number of para-hydroxylation sites is 1. The number of benzene rings is 1. The third-order valence-corrected chi connectivity index (χ3v) is 4.28. The molecule has 0 spiro atoms. The quantitative estimate of drug-likeness (QED) is 0.799. The molecule has 0 atom stereocenters. The number of anilines is 1. The van der Waals surface area contributed by atoms with Crippen LogP contribution in [0.4, 0.5) is 5.82 Å². The van der Waals surface area contributed by atoms with Crippen molar-refractivity contribution in [2.24, 2.45) is 7.05 Å². The van der Waals surface area contributed by atoms with Gasteiger partial charge in [0.15, 0.2) is 0 Å². The van der Waals surface area contributed by atoms with Crippen molar-refractivity contribution in [3.8, 4) is 5.69 Å². The van der Waals surface area contributed by atoms with Gasteiger partial charge >= 0.3 is 0 Å². The molecule has 0 bridgehead atoms. The van der Waals surface area contributed by atoms with E-state index in [1.165, 1.54) is 5.56 Å². The van der Waals surface area contributed by atoms with Gasteiger partial charge in [0, 0.05) is 30.2 Å². The van der Waals surface area contributed by atoms with E-state index in [-0.39, 0.29) is 5.91 Å². The topological polar surface area (TPSA) is 51.9 Å². The maximum Gasteiger partial charge on any atom is 0.258 e. The molecule has 3 rings (SSSR count). The highest BCUT2D eigenvalue weighted by molar-refractivity contribution is 6.05. The number of rotatable bonds is 3. The highest BCUT2D eigenvalue weighted by atomic mass is 16.1. The predicted octanol–water partition coefficient (Wildman–Crippen LogP) is 3.70. The van der Waals surface area contributed by atoms with E-state index in [9.17, 15) is 4.79 Å².